The van der Waals surface area contributed by atoms with Crippen molar-refractivity contribution in [2.45, 2.75) is 46.7 Å². The van der Waals surface area contributed by atoms with E-state index in [4.69, 9.17) is 4.74 Å². The summed E-state index contributed by atoms with van der Waals surface area (Å²) in [5, 5.41) is 12.2. The summed E-state index contributed by atoms with van der Waals surface area (Å²) in [6.07, 6.45) is 3.11. The molecule has 0 atom stereocenters. The van der Waals surface area contributed by atoms with Crippen LogP contribution in [0.1, 0.15) is 49.2 Å². The van der Waals surface area contributed by atoms with Crippen LogP contribution in [0.25, 0.3) is 0 Å². The number of carbonyl (C=O) groups excluding carboxylic acids is 1. The highest BCUT2D eigenvalue weighted by atomic mass is 16.5. The Balaban J connectivity index is 2.29. The summed E-state index contributed by atoms with van der Waals surface area (Å²) in [6.45, 7) is 7.30. The molecule has 2 aromatic heterocycles. The normalized spacial score (nSPS) is 10.8. The molecule has 0 aliphatic rings. The lowest BCUT2D eigenvalue weighted by atomic mass is 10.2. The van der Waals surface area contributed by atoms with Crippen LogP contribution in [0, 0.1) is 0 Å². The first-order valence-corrected chi connectivity index (χ1v) is 7.17. The second kappa shape index (κ2) is 6.96. The zero-order valence-corrected chi connectivity index (χ0v) is 12.6. The fourth-order valence-corrected chi connectivity index (χ4v) is 2.11. The van der Waals surface area contributed by atoms with Gasteiger partial charge in [-0.15, -0.1) is 5.10 Å². The van der Waals surface area contributed by atoms with Crippen molar-refractivity contribution in [3.05, 3.63) is 23.5 Å². The van der Waals surface area contributed by atoms with Crippen molar-refractivity contribution in [1.29, 1.82) is 0 Å². The van der Waals surface area contributed by atoms with Crippen LogP contribution in [0.4, 0.5) is 0 Å². The van der Waals surface area contributed by atoms with Crippen LogP contribution in [0.5, 0.6) is 0 Å². The van der Waals surface area contributed by atoms with Gasteiger partial charge in [0.25, 0.3) is 0 Å². The van der Waals surface area contributed by atoms with Gasteiger partial charge in [-0.05, 0) is 20.3 Å². The first kappa shape index (κ1) is 15.1. The smallest absolute Gasteiger partial charge is 0.360 e. The van der Waals surface area contributed by atoms with Crippen LogP contribution in [0.3, 0.4) is 0 Å². The molecule has 0 saturated heterocycles. The lowest BCUT2D eigenvalue weighted by Crippen LogP contribution is -2.14. The summed E-state index contributed by atoms with van der Waals surface area (Å²) >= 11 is 0. The molecule has 0 aliphatic carbocycles. The van der Waals surface area contributed by atoms with Crippen LogP contribution < -0.4 is 0 Å². The minimum absolute atomic E-state index is 0.293. The molecular weight excluding hydrogens is 272 g/mol. The highest BCUT2D eigenvalue weighted by Gasteiger charge is 2.21. The van der Waals surface area contributed by atoms with Crippen LogP contribution >= 0.6 is 0 Å². The quantitative estimate of drug-likeness (QED) is 0.709. The maximum absolute atomic E-state index is 11.9. The first-order valence-electron chi connectivity index (χ1n) is 7.17. The number of rotatable bonds is 7. The Morgan fingerprint density at radius 1 is 1.29 bits per heavy atom. The van der Waals surface area contributed by atoms with Gasteiger partial charge in [0.15, 0.2) is 5.69 Å². The highest BCUT2D eigenvalue weighted by Crippen LogP contribution is 2.12. The van der Waals surface area contributed by atoms with Gasteiger partial charge in [0.2, 0.25) is 0 Å². The van der Waals surface area contributed by atoms with E-state index < -0.39 is 5.97 Å². The van der Waals surface area contributed by atoms with Gasteiger partial charge < -0.3 is 4.74 Å². The maximum Gasteiger partial charge on any atom is 0.360 e. The van der Waals surface area contributed by atoms with Gasteiger partial charge in [0, 0.05) is 6.54 Å². The molecule has 0 radical (unpaired) electrons. The fourth-order valence-electron chi connectivity index (χ4n) is 2.11. The van der Waals surface area contributed by atoms with E-state index in [1.54, 1.807) is 16.3 Å². The molecule has 8 heteroatoms. The lowest BCUT2D eigenvalue weighted by molar-refractivity contribution is 0.0518. The third-order valence-corrected chi connectivity index (χ3v) is 3.08. The largest absolute Gasteiger partial charge is 0.461 e. The van der Waals surface area contributed by atoms with E-state index in [1.807, 2.05) is 13.8 Å². The van der Waals surface area contributed by atoms with E-state index in [-0.39, 0.29) is 0 Å². The molecule has 0 unspecified atom stereocenters. The topological polar surface area (TPSA) is 87.7 Å². The molecule has 2 aromatic rings. The van der Waals surface area contributed by atoms with Crippen molar-refractivity contribution in [2.24, 2.45) is 0 Å². The number of hydrogen-bond donors (Lipinski definition) is 0. The predicted octanol–water partition coefficient (Wildman–Crippen LogP) is 1.07. The van der Waals surface area contributed by atoms with Crippen molar-refractivity contribution in [2.75, 3.05) is 6.61 Å². The summed E-state index contributed by atoms with van der Waals surface area (Å²) in [6, 6.07) is 0. The molecule has 8 nitrogen and oxygen atoms in total. The summed E-state index contributed by atoms with van der Waals surface area (Å²) in [5.41, 5.74) is 1.07. The Bertz CT molecular complexity index is 604. The molecule has 0 aromatic carbocycles. The van der Waals surface area contributed by atoms with Gasteiger partial charge in [0.1, 0.15) is 18.7 Å². The molecule has 2 rings (SSSR count). The molecule has 0 aliphatic heterocycles. The number of aryl methyl sites for hydroxylation is 1. The summed E-state index contributed by atoms with van der Waals surface area (Å²) in [5.74, 6) is 0.360. The minimum atomic E-state index is -0.427. The van der Waals surface area contributed by atoms with Crippen molar-refractivity contribution < 1.29 is 9.53 Å². The Morgan fingerprint density at radius 2 is 2.10 bits per heavy atom. The molecule has 0 N–H and O–H groups in total. The Kier molecular flexibility index (Phi) is 5.02. The zero-order valence-electron chi connectivity index (χ0n) is 12.6. The van der Waals surface area contributed by atoms with Crippen molar-refractivity contribution >= 4 is 5.97 Å². The highest BCUT2D eigenvalue weighted by molar-refractivity contribution is 5.88. The monoisotopic (exact) mass is 292 g/mol. The Labute approximate surface area is 123 Å². The average molecular weight is 292 g/mol. The van der Waals surface area contributed by atoms with Crippen LogP contribution in [0.15, 0.2) is 6.33 Å². The van der Waals surface area contributed by atoms with Crippen molar-refractivity contribution in [3.8, 4) is 0 Å². The van der Waals surface area contributed by atoms with Gasteiger partial charge in [-0.3, -0.25) is 0 Å². The second-order valence-electron chi connectivity index (χ2n) is 4.50. The molecule has 21 heavy (non-hydrogen) atoms. The van der Waals surface area contributed by atoms with Gasteiger partial charge in [-0.2, -0.15) is 5.10 Å². The van der Waals surface area contributed by atoms with Crippen LogP contribution in [0.2, 0.25) is 0 Å². The third kappa shape index (κ3) is 3.26. The molecule has 0 fully saturated rings. The van der Waals surface area contributed by atoms with E-state index in [0.717, 1.165) is 24.5 Å². The summed E-state index contributed by atoms with van der Waals surface area (Å²) in [7, 11) is 0. The van der Waals surface area contributed by atoms with Gasteiger partial charge >= 0.3 is 5.97 Å². The van der Waals surface area contributed by atoms with Crippen molar-refractivity contribution in [3.63, 3.8) is 0 Å². The third-order valence-electron chi connectivity index (χ3n) is 3.08. The fraction of sp³-hybridized carbons (Fsp3) is 0.615. The molecule has 0 bridgehead atoms. The van der Waals surface area contributed by atoms with E-state index in [1.165, 1.54) is 6.33 Å². The number of aromatic nitrogens is 6. The van der Waals surface area contributed by atoms with E-state index in [2.05, 4.69) is 20.4 Å². The number of nitrogens with zero attached hydrogens (tertiary/aromatic N) is 6. The van der Waals surface area contributed by atoms with Gasteiger partial charge in [0.05, 0.1) is 12.3 Å². The second-order valence-corrected chi connectivity index (χ2v) is 4.50. The van der Waals surface area contributed by atoms with Gasteiger partial charge in [-0.1, -0.05) is 18.6 Å². The molecule has 0 amide bonds. The van der Waals surface area contributed by atoms with E-state index >= 15 is 0 Å². The number of ether oxygens (including phenoxy) is 1. The van der Waals surface area contributed by atoms with Crippen LogP contribution in [-0.4, -0.2) is 42.3 Å². The summed E-state index contributed by atoms with van der Waals surface area (Å²) < 4.78 is 8.51. The first-order chi connectivity index (χ1) is 10.2. The zero-order chi connectivity index (χ0) is 15.2. The molecule has 0 spiro atoms. The maximum atomic E-state index is 11.9. The lowest BCUT2D eigenvalue weighted by Gasteiger charge is -2.07. The van der Waals surface area contributed by atoms with Crippen LogP contribution in [-0.2, 0) is 24.2 Å². The molecular formula is C13H20N6O2. The van der Waals surface area contributed by atoms with E-state index in [0.29, 0.717) is 25.3 Å². The number of hydrogen-bond acceptors (Lipinski definition) is 6. The SMILES string of the molecule is CCCc1c(C(=O)OCC)nnn1Cc1ncnn1CC. The molecule has 114 valence electrons. The number of esters is 1. The Morgan fingerprint density at radius 3 is 2.76 bits per heavy atom. The number of carbonyl (C=O) groups is 1. The standard InChI is InChI=1S/C13H20N6O2/c1-4-7-10-12(13(20)21-6-3)16-17-19(10)8-11-14-9-15-18(11)5-2/h9H,4-8H2,1-3H3. The van der Waals surface area contributed by atoms with E-state index in [9.17, 15) is 4.79 Å². The predicted molar refractivity (Wildman–Crippen MR) is 74.8 cm³/mol. The molecule has 2 heterocycles. The summed E-state index contributed by atoms with van der Waals surface area (Å²) in [4.78, 5) is 16.1. The molecule has 0 saturated carbocycles. The Hall–Kier alpha value is -2.25. The minimum Gasteiger partial charge on any atom is -0.461 e. The van der Waals surface area contributed by atoms with Gasteiger partial charge in [-0.25, -0.2) is 19.1 Å². The average Bonchev–Trinajstić information content (AvgIpc) is 3.07. The van der Waals surface area contributed by atoms with Crippen molar-refractivity contribution in [1.82, 2.24) is 29.8 Å².